The van der Waals surface area contributed by atoms with E-state index in [1.807, 2.05) is 26.0 Å². The van der Waals surface area contributed by atoms with Gasteiger partial charge in [-0.1, -0.05) is 6.07 Å². The Hall–Kier alpha value is -1.59. The first-order valence-corrected chi connectivity index (χ1v) is 6.83. The molecule has 0 aliphatic carbocycles. The maximum Gasteiger partial charge on any atom is 0.254 e. The van der Waals surface area contributed by atoms with E-state index in [1.165, 1.54) is 0 Å². The second-order valence-corrected chi connectivity index (χ2v) is 4.77. The molecule has 0 radical (unpaired) electrons. The molecule has 0 heterocycles. The maximum atomic E-state index is 12.4. The highest BCUT2D eigenvalue weighted by Crippen LogP contribution is 2.16. The molecule has 1 amide bonds. The third-order valence-corrected chi connectivity index (χ3v) is 2.70. The van der Waals surface area contributed by atoms with Crippen LogP contribution in [-0.2, 0) is 4.74 Å². The van der Waals surface area contributed by atoms with Gasteiger partial charge in [0.2, 0.25) is 0 Å². The zero-order valence-corrected chi connectivity index (χ0v) is 12.5. The second-order valence-electron chi connectivity index (χ2n) is 4.77. The van der Waals surface area contributed by atoms with E-state index in [1.54, 1.807) is 24.1 Å². The number of nitrogens with two attached hydrogens (primary N) is 1. The number of hydrogen-bond acceptors (Lipinski definition) is 4. The van der Waals surface area contributed by atoms with Crippen molar-refractivity contribution in [1.82, 2.24) is 4.90 Å². The molecule has 0 bridgehead atoms. The van der Waals surface area contributed by atoms with Gasteiger partial charge in [-0.2, -0.15) is 0 Å². The van der Waals surface area contributed by atoms with E-state index in [2.05, 4.69) is 0 Å². The number of benzene rings is 1. The van der Waals surface area contributed by atoms with Gasteiger partial charge >= 0.3 is 0 Å². The fourth-order valence-corrected chi connectivity index (χ4v) is 1.83. The highest BCUT2D eigenvalue weighted by Gasteiger charge is 2.15. The molecule has 0 atom stereocenters. The lowest BCUT2D eigenvalue weighted by Gasteiger charge is -2.22. The minimum Gasteiger partial charge on any atom is -0.491 e. The summed E-state index contributed by atoms with van der Waals surface area (Å²) < 4.78 is 10.6. The fraction of sp³-hybridized carbons (Fsp3) is 0.533. The summed E-state index contributed by atoms with van der Waals surface area (Å²) in [7, 11) is 1.61. The molecular weight excluding hydrogens is 256 g/mol. The van der Waals surface area contributed by atoms with Gasteiger partial charge in [0, 0.05) is 32.3 Å². The molecule has 20 heavy (non-hydrogen) atoms. The highest BCUT2D eigenvalue weighted by atomic mass is 16.5. The average molecular weight is 280 g/mol. The summed E-state index contributed by atoms with van der Waals surface area (Å²) in [6.07, 6.45) is 0.0778. The number of hydrogen-bond donors (Lipinski definition) is 1. The molecule has 112 valence electrons. The molecular formula is C15H24N2O3. The van der Waals surface area contributed by atoms with Gasteiger partial charge in [-0.25, -0.2) is 0 Å². The standard InChI is InChI=1S/C15H24N2O3/c1-12(2)20-14-6-4-5-13(11-14)15(18)17(8-7-16)9-10-19-3/h4-6,11-12H,7-10,16H2,1-3H3. The molecule has 1 aromatic rings. The van der Waals surface area contributed by atoms with Crippen molar-refractivity contribution in [1.29, 1.82) is 0 Å². The SMILES string of the molecule is COCCN(CCN)C(=O)c1cccc(OC(C)C)c1. The Morgan fingerprint density at radius 1 is 1.35 bits per heavy atom. The lowest BCUT2D eigenvalue weighted by molar-refractivity contribution is 0.0701. The van der Waals surface area contributed by atoms with Crippen molar-refractivity contribution >= 4 is 5.91 Å². The second kappa shape index (κ2) is 8.55. The van der Waals surface area contributed by atoms with E-state index in [0.717, 1.165) is 0 Å². The van der Waals surface area contributed by atoms with Crippen LogP contribution in [0, 0.1) is 0 Å². The van der Waals surface area contributed by atoms with Gasteiger partial charge < -0.3 is 20.1 Å². The van der Waals surface area contributed by atoms with Gasteiger partial charge in [0.15, 0.2) is 0 Å². The van der Waals surface area contributed by atoms with Crippen molar-refractivity contribution in [3.05, 3.63) is 29.8 Å². The molecule has 0 aliphatic heterocycles. The minimum atomic E-state index is -0.0540. The Kier molecular flexibility index (Phi) is 7.04. The number of ether oxygens (including phenoxy) is 2. The Balaban J connectivity index is 2.82. The third kappa shape index (κ3) is 5.19. The molecule has 2 N–H and O–H groups in total. The van der Waals surface area contributed by atoms with Gasteiger partial charge in [0.1, 0.15) is 5.75 Å². The Morgan fingerprint density at radius 3 is 2.70 bits per heavy atom. The van der Waals surface area contributed by atoms with Crippen molar-refractivity contribution in [2.24, 2.45) is 5.73 Å². The summed E-state index contributed by atoms with van der Waals surface area (Å²) in [5.41, 5.74) is 6.16. The number of carbonyl (C=O) groups is 1. The van der Waals surface area contributed by atoms with Crippen molar-refractivity contribution in [3.63, 3.8) is 0 Å². The summed E-state index contributed by atoms with van der Waals surface area (Å²) in [5.74, 6) is 0.645. The van der Waals surface area contributed by atoms with E-state index < -0.39 is 0 Å². The third-order valence-electron chi connectivity index (χ3n) is 2.70. The quantitative estimate of drug-likeness (QED) is 0.784. The van der Waals surface area contributed by atoms with Crippen LogP contribution in [0.4, 0.5) is 0 Å². The van der Waals surface area contributed by atoms with Crippen LogP contribution < -0.4 is 10.5 Å². The zero-order valence-electron chi connectivity index (χ0n) is 12.5. The summed E-state index contributed by atoms with van der Waals surface area (Å²) in [6.45, 7) is 5.87. The normalized spacial score (nSPS) is 10.7. The summed E-state index contributed by atoms with van der Waals surface area (Å²) >= 11 is 0. The molecule has 5 nitrogen and oxygen atoms in total. The summed E-state index contributed by atoms with van der Waals surface area (Å²) in [5, 5.41) is 0. The van der Waals surface area contributed by atoms with Crippen LogP contribution in [0.25, 0.3) is 0 Å². The molecule has 0 saturated heterocycles. The number of nitrogens with zero attached hydrogens (tertiary/aromatic N) is 1. The van der Waals surface area contributed by atoms with Crippen LogP contribution in [0.3, 0.4) is 0 Å². The Bertz CT molecular complexity index is 421. The lowest BCUT2D eigenvalue weighted by Crippen LogP contribution is -2.37. The zero-order chi connectivity index (χ0) is 15.0. The van der Waals surface area contributed by atoms with Crippen LogP contribution >= 0.6 is 0 Å². The lowest BCUT2D eigenvalue weighted by atomic mass is 10.2. The van der Waals surface area contributed by atoms with Gasteiger partial charge in [0.25, 0.3) is 5.91 Å². The maximum absolute atomic E-state index is 12.4. The summed E-state index contributed by atoms with van der Waals surface area (Å²) in [6, 6.07) is 7.21. The van der Waals surface area contributed by atoms with E-state index in [-0.39, 0.29) is 12.0 Å². The predicted molar refractivity (Wildman–Crippen MR) is 79.0 cm³/mol. The molecule has 0 saturated carbocycles. The van der Waals surface area contributed by atoms with Gasteiger partial charge in [0.05, 0.1) is 12.7 Å². The molecule has 1 aromatic carbocycles. The molecule has 0 aliphatic rings. The first-order valence-electron chi connectivity index (χ1n) is 6.83. The smallest absolute Gasteiger partial charge is 0.254 e. The van der Waals surface area contributed by atoms with E-state index in [9.17, 15) is 4.79 Å². The van der Waals surface area contributed by atoms with Crippen molar-refractivity contribution in [2.75, 3.05) is 33.4 Å². The van der Waals surface area contributed by atoms with Gasteiger partial charge in [-0.15, -0.1) is 0 Å². The van der Waals surface area contributed by atoms with Crippen LogP contribution in [0.2, 0.25) is 0 Å². The highest BCUT2D eigenvalue weighted by molar-refractivity contribution is 5.94. The van der Waals surface area contributed by atoms with Crippen LogP contribution in [0.15, 0.2) is 24.3 Å². The molecule has 0 fully saturated rings. The first-order chi connectivity index (χ1) is 9.58. The van der Waals surface area contributed by atoms with Crippen LogP contribution in [0.1, 0.15) is 24.2 Å². The number of amides is 1. The fourth-order valence-electron chi connectivity index (χ4n) is 1.83. The number of methoxy groups -OCH3 is 1. The predicted octanol–water partition coefficient (Wildman–Crippen LogP) is 1.52. The number of carbonyl (C=O) groups excluding carboxylic acids is 1. The first kappa shape index (κ1) is 16.5. The average Bonchev–Trinajstić information content (AvgIpc) is 2.42. The molecule has 1 rings (SSSR count). The Morgan fingerprint density at radius 2 is 2.10 bits per heavy atom. The number of rotatable bonds is 8. The van der Waals surface area contributed by atoms with Crippen molar-refractivity contribution in [2.45, 2.75) is 20.0 Å². The van der Waals surface area contributed by atoms with Gasteiger partial charge in [-0.3, -0.25) is 4.79 Å². The van der Waals surface area contributed by atoms with E-state index in [4.69, 9.17) is 15.2 Å². The molecule has 5 heteroatoms. The topological polar surface area (TPSA) is 64.8 Å². The van der Waals surface area contributed by atoms with E-state index in [0.29, 0.717) is 37.6 Å². The largest absolute Gasteiger partial charge is 0.491 e. The molecule has 0 aromatic heterocycles. The summed E-state index contributed by atoms with van der Waals surface area (Å²) in [4.78, 5) is 14.1. The monoisotopic (exact) mass is 280 g/mol. The minimum absolute atomic E-state index is 0.0540. The van der Waals surface area contributed by atoms with Crippen molar-refractivity contribution in [3.8, 4) is 5.75 Å². The van der Waals surface area contributed by atoms with Gasteiger partial charge in [-0.05, 0) is 32.0 Å². The van der Waals surface area contributed by atoms with Crippen molar-refractivity contribution < 1.29 is 14.3 Å². The molecule has 0 spiro atoms. The van der Waals surface area contributed by atoms with Crippen LogP contribution in [-0.4, -0.2) is 50.3 Å². The van der Waals surface area contributed by atoms with E-state index >= 15 is 0 Å². The molecule has 0 unspecified atom stereocenters. The van der Waals surface area contributed by atoms with Crippen LogP contribution in [0.5, 0.6) is 5.75 Å². The Labute approximate surface area is 120 Å².